The Morgan fingerprint density at radius 2 is 2.00 bits per heavy atom. The summed E-state index contributed by atoms with van der Waals surface area (Å²) < 4.78 is 25.6. The van der Waals surface area contributed by atoms with E-state index < -0.39 is 10.0 Å². The van der Waals surface area contributed by atoms with Gasteiger partial charge in [-0.25, -0.2) is 12.7 Å². The first kappa shape index (κ1) is 16.9. The van der Waals surface area contributed by atoms with Crippen molar-refractivity contribution < 1.29 is 13.2 Å². The molecule has 1 aromatic carbocycles. The largest absolute Gasteiger partial charge is 0.349 e. The van der Waals surface area contributed by atoms with E-state index in [2.05, 4.69) is 11.4 Å². The molecule has 1 heterocycles. The van der Waals surface area contributed by atoms with Crippen molar-refractivity contribution in [2.75, 3.05) is 19.8 Å². The van der Waals surface area contributed by atoms with Crippen LogP contribution in [0, 0.1) is 0 Å². The third-order valence-corrected chi connectivity index (χ3v) is 6.52. The number of amides is 1. The van der Waals surface area contributed by atoms with E-state index in [0.29, 0.717) is 0 Å². The third-order valence-electron chi connectivity index (χ3n) is 3.39. The van der Waals surface area contributed by atoms with Gasteiger partial charge in [0.15, 0.2) is 0 Å². The van der Waals surface area contributed by atoms with Crippen molar-refractivity contribution in [3.63, 3.8) is 0 Å². The van der Waals surface area contributed by atoms with Crippen molar-refractivity contribution in [2.24, 2.45) is 0 Å². The van der Waals surface area contributed by atoms with Crippen LogP contribution in [0.5, 0.6) is 0 Å². The van der Waals surface area contributed by atoms with Gasteiger partial charge in [0.25, 0.3) is 0 Å². The van der Waals surface area contributed by atoms with Crippen molar-refractivity contribution in [2.45, 2.75) is 19.4 Å². The summed E-state index contributed by atoms with van der Waals surface area (Å²) in [6.07, 6.45) is -0.0320. The van der Waals surface area contributed by atoms with Crippen LogP contribution in [0.1, 0.15) is 24.3 Å². The predicted octanol–water partition coefficient (Wildman–Crippen LogP) is 2.36. The molecule has 1 atom stereocenters. The fourth-order valence-corrected chi connectivity index (χ4v) is 3.88. The maximum absolute atomic E-state index is 11.9. The number of rotatable bonds is 6. The van der Waals surface area contributed by atoms with Crippen LogP contribution in [0.15, 0.2) is 30.3 Å². The minimum Gasteiger partial charge on any atom is -0.349 e. The van der Waals surface area contributed by atoms with Crippen LogP contribution in [0.4, 0.5) is 0 Å². The number of carbonyl (C=O) groups is 1. The molecular weight excluding hydrogens is 320 g/mol. The number of carbonyl (C=O) groups excluding carboxylic acids is 1. The fourth-order valence-electron chi connectivity index (χ4n) is 2.00. The Bertz CT molecular complexity index is 733. The first-order valence-corrected chi connectivity index (χ1v) is 9.40. The second-order valence-electron chi connectivity index (χ2n) is 5.32. The lowest BCUT2D eigenvalue weighted by molar-refractivity contribution is -0.121. The molecule has 0 bridgehead atoms. The summed E-state index contributed by atoms with van der Waals surface area (Å²) in [5.74, 6) is -0.430. The van der Waals surface area contributed by atoms with E-state index in [-0.39, 0.29) is 24.1 Å². The average Bonchev–Trinajstić information content (AvgIpc) is 2.89. The number of thiophene rings is 1. The molecule has 1 N–H and O–H groups in total. The summed E-state index contributed by atoms with van der Waals surface area (Å²) in [7, 11) is -0.408. The van der Waals surface area contributed by atoms with E-state index in [9.17, 15) is 13.2 Å². The van der Waals surface area contributed by atoms with Gasteiger partial charge in [-0.3, -0.25) is 4.79 Å². The number of sulfonamides is 1. The first-order chi connectivity index (χ1) is 10.3. The van der Waals surface area contributed by atoms with E-state index in [1.807, 2.05) is 31.2 Å². The van der Waals surface area contributed by atoms with Crippen LogP contribution >= 0.6 is 11.3 Å². The molecule has 5 nitrogen and oxygen atoms in total. The lowest BCUT2D eigenvalue weighted by atomic mass is 10.2. The normalized spacial score (nSPS) is 13.5. The second-order valence-corrected chi connectivity index (χ2v) is 8.74. The Balaban J connectivity index is 1.96. The molecule has 0 aliphatic rings. The number of nitrogens with zero attached hydrogens (tertiary/aromatic N) is 1. The number of hydrogen-bond acceptors (Lipinski definition) is 4. The smallest absolute Gasteiger partial charge is 0.221 e. The fraction of sp³-hybridized carbons (Fsp3) is 0.400. The van der Waals surface area contributed by atoms with Crippen LogP contribution in [0.2, 0.25) is 0 Å². The molecule has 2 rings (SSSR count). The Kier molecular flexibility index (Phi) is 5.20. The van der Waals surface area contributed by atoms with Crippen molar-refractivity contribution in [1.29, 1.82) is 0 Å². The molecule has 7 heteroatoms. The quantitative estimate of drug-likeness (QED) is 0.878. The number of hydrogen-bond donors (Lipinski definition) is 1. The molecule has 0 aliphatic carbocycles. The predicted molar refractivity (Wildman–Crippen MR) is 90.5 cm³/mol. The monoisotopic (exact) mass is 340 g/mol. The highest BCUT2D eigenvalue weighted by Gasteiger charge is 2.18. The highest BCUT2D eigenvalue weighted by atomic mass is 32.2. The summed E-state index contributed by atoms with van der Waals surface area (Å²) in [4.78, 5) is 13.0. The van der Waals surface area contributed by atoms with Gasteiger partial charge in [0.05, 0.1) is 11.8 Å². The Morgan fingerprint density at radius 3 is 2.64 bits per heavy atom. The van der Waals surface area contributed by atoms with E-state index in [1.165, 1.54) is 18.8 Å². The van der Waals surface area contributed by atoms with Crippen LogP contribution in [-0.4, -0.2) is 38.5 Å². The van der Waals surface area contributed by atoms with Crippen LogP contribution in [0.25, 0.3) is 10.1 Å². The van der Waals surface area contributed by atoms with E-state index in [4.69, 9.17) is 0 Å². The molecule has 1 unspecified atom stereocenters. The van der Waals surface area contributed by atoms with Gasteiger partial charge >= 0.3 is 0 Å². The molecule has 1 aromatic heterocycles. The van der Waals surface area contributed by atoms with Gasteiger partial charge < -0.3 is 5.32 Å². The zero-order valence-electron chi connectivity index (χ0n) is 12.9. The minimum absolute atomic E-state index is 0.0320. The van der Waals surface area contributed by atoms with Crippen LogP contribution < -0.4 is 5.32 Å². The Hall–Kier alpha value is -1.44. The van der Waals surface area contributed by atoms with E-state index in [0.717, 1.165) is 14.6 Å². The Labute approximate surface area is 135 Å². The second kappa shape index (κ2) is 6.76. The third kappa shape index (κ3) is 4.06. The van der Waals surface area contributed by atoms with Gasteiger partial charge in [-0.05, 0) is 24.4 Å². The van der Waals surface area contributed by atoms with Crippen molar-refractivity contribution in [3.05, 3.63) is 35.2 Å². The SMILES string of the molecule is CC(NC(=O)CCS(=O)(=O)N(C)C)c1cc2ccccc2s1. The molecule has 0 spiro atoms. The van der Waals surface area contributed by atoms with Crippen molar-refractivity contribution >= 4 is 37.4 Å². The highest BCUT2D eigenvalue weighted by Crippen LogP contribution is 2.29. The van der Waals surface area contributed by atoms with Gasteiger partial charge in [0, 0.05) is 30.1 Å². The average molecular weight is 340 g/mol. The standard InChI is InChI=1S/C15H20N2O3S2/c1-11(14-10-12-6-4-5-7-13(12)21-14)16-15(18)8-9-22(19,20)17(2)3/h4-7,10-11H,8-9H2,1-3H3,(H,16,18). The molecule has 0 aliphatic heterocycles. The van der Waals surface area contributed by atoms with Gasteiger partial charge in [0.2, 0.25) is 15.9 Å². The van der Waals surface area contributed by atoms with E-state index in [1.54, 1.807) is 11.3 Å². The van der Waals surface area contributed by atoms with Gasteiger partial charge in [0.1, 0.15) is 0 Å². The summed E-state index contributed by atoms with van der Waals surface area (Å²) in [6, 6.07) is 9.97. The van der Waals surface area contributed by atoms with Crippen molar-refractivity contribution in [3.8, 4) is 0 Å². The zero-order valence-corrected chi connectivity index (χ0v) is 14.5. The highest BCUT2D eigenvalue weighted by molar-refractivity contribution is 7.89. The maximum Gasteiger partial charge on any atom is 0.221 e. The zero-order chi connectivity index (χ0) is 16.3. The summed E-state index contributed by atoms with van der Waals surface area (Å²) in [6.45, 7) is 1.91. The van der Waals surface area contributed by atoms with E-state index >= 15 is 0 Å². The minimum atomic E-state index is -3.34. The topological polar surface area (TPSA) is 66.5 Å². The Morgan fingerprint density at radius 1 is 1.32 bits per heavy atom. The van der Waals surface area contributed by atoms with Crippen LogP contribution in [-0.2, 0) is 14.8 Å². The van der Waals surface area contributed by atoms with Crippen molar-refractivity contribution in [1.82, 2.24) is 9.62 Å². The molecule has 0 fully saturated rings. The van der Waals surface area contributed by atoms with Crippen LogP contribution in [0.3, 0.4) is 0 Å². The number of nitrogens with one attached hydrogen (secondary N) is 1. The first-order valence-electron chi connectivity index (χ1n) is 6.97. The van der Waals surface area contributed by atoms with Gasteiger partial charge in [-0.15, -0.1) is 11.3 Å². The summed E-state index contributed by atoms with van der Waals surface area (Å²) in [5, 5.41) is 4.01. The molecule has 0 saturated heterocycles. The number of benzene rings is 1. The molecule has 22 heavy (non-hydrogen) atoms. The summed E-state index contributed by atoms with van der Waals surface area (Å²) in [5.41, 5.74) is 0. The lowest BCUT2D eigenvalue weighted by Crippen LogP contribution is -2.31. The maximum atomic E-state index is 11.9. The lowest BCUT2D eigenvalue weighted by Gasteiger charge is -2.14. The molecule has 1 amide bonds. The molecule has 0 saturated carbocycles. The molecule has 120 valence electrons. The van der Waals surface area contributed by atoms with Gasteiger partial charge in [-0.1, -0.05) is 18.2 Å². The summed E-state index contributed by atoms with van der Waals surface area (Å²) >= 11 is 1.63. The molecule has 2 aromatic rings. The molecular formula is C15H20N2O3S2. The molecule has 0 radical (unpaired) electrons. The van der Waals surface area contributed by atoms with Gasteiger partial charge in [-0.2, -0.15) is 0 Å². The number of fused-ring (bicyclic) bond motifs is 1.